The first kappa shape index (κ1) is 20.4. The van der Waals surface area contributed by atoms with E-state index in [0.29, 0.717) is 13.0 Å². The first-order chi connectivity index (χ1) is 14.2. The summed E-state index contributed by atoms with van der Waals surface area (Å²) in [6.07, 6.45) is 2.59. The normalized spacial score (nSPS) is 17.4. The minimum absolute atomic E-state index is 0.194. The fourth-order valence-corrected chi connectivity index (χ4v) is 5.08. The molecule has 0 aliphatic carbocycles. The van der Waals surface area contributed by atoms with E-state index >= 15 is 0 Å². The Bertz CT molecular complexity index is 1160. The minimum Gasteiger partial charge on any atom is -0.503 e. The Morgan fingerprint density at radius 2 is 1.97 bits per heavy atom. The smallest absolute Gasteiger partial charge is 0.290 e. The molecule has 0 fully saturated rings. The van der Waals surface area contributed by atoms with E-state index in [0.717, 1.165) is 26.9 Å². The Morgan fingerprint density at radius 1 is 1.23 bits per heavy atom. The van der Waals surface area contributed by atoms with Crippen LogP contribution in [0.1, 0.15) is 42.8 Å². The van der Waals surface area contributed by atoms with Crippen LogP contribution in [0.25, 0.3) is 10.9 Å². The number of nitrogens with zero attached hydrogens (tertiary/aromatic N) is 1. The number of nitrogens with one attached hydrogen (secondary N) is 1. The number of carbonyl (C=O) groups is 2. The Hall–Kier alpha value is -2.86. The Labute approximate surface area is 180 Å². The van der Waals surface area contributed by atoms with Crippen molar-refractivity contribution in [3.8, 4) is 0 Å². The number of hydrogen-bond donors (Lipinski definition) is 2. The topological polar surface area (TPSA) is 73.4 Å². The molecule has 3 heterocycles. The van der Waals surface area contributed by atoms with Gasteiger partial charge in [0.05, 0.1) is 11.6 Å². The number of aliphatic hydroxyl groups excluding tert-OH is 1. The molecule has 30 heavy (non-hydrogen) atoms. The SMILES string of the molecule is Cc1ccsc1C1C(C(=O)C(C)(C)C)=C(O)C(=O)N1CCc1c[nH]c2ccccc12. The molecular weight excluding hydrogens is 396 g/mol. The Balaban J connectivity index is 1.70. The number of carbonyl (C=O) groups excluding carboxylic acids is 2. The molecule has 4 rings (SSSR count). The predicted octanol–water partition coefficient (Wildman–Crippen LogP) is 5.09. The lowest BCUT2D eigenvalue weighted by Gasteiger charge is -2.28. The third-order valence-corrected chi connectivity index (χ3v) is 6.75. The van der Waals surface area contributed by atoms with E-state index in [1.165, 1.54) is 11.3 Å². The highest BCUT2D eigenvalue weighted by molar-refractivity contribution is 7.10. The lowest BCUT2D eigenvalue weighted by atomic mass is 9.83. The van der Waals surface area contributed by atoms with Gasteiger partial charge in [-0.05, 0) is 42.0 Å². The number of para-hydroxylation sites is 1. The first-order valence-corrected chi connectivity index (χ1v) is 11.0. The van der Waals surface area contributed by atoms with Crippen molar-refractivity contribution in [3.63, 3.8) is 0 Å². The summed E-state index contributed by atoms with van der Waals surface area (Å²) in [5, 5.41) is 13.8. The fraction of sp³-hybridized carbons (Fsp3) is 0.333. The van der Waals surface area contributed by atoms with Crippen molar-refractivity contribution < 1.29 is 14.7 Å². The van der Waals surface area contributed by atoms with Crippen LogP contribution in [0.15, 0.2) is 53.2 Å². The summed E-state index contributed by atoms with van der Waals surface area (Å²) < 4.78 is 0. The number of benzene rings is 1. The number of aromatic amines is 1. The molecule has 6 heteroatoms. The maximum absolute atomic E-state index is 13.2. The zero-order valence-corrected chi connectivity index (χ0v) is 18.5. The zero-order valence-electron chi connectivity index (χ0n) is 17.7. The van der Waals surface area contributed by atoms with Gasteiger partial charge in [0.1, 0.15) is 0 Å². The molecule has 1 aliphatic heterocycles. The van der Waals surface area contributed by atoms with E-state index in [1.807, 2.05) is 63.5 Å². The number of ketones is 1. The van der Waals surface area contributed by atoms with Crippen molar-refractivity contribution >= 4 is 33.9 Å². The van der Waals surface area contributed by atoms with Crippen molar-refractivity contribution in [3.05, 3.63) is 69.2 Å². The summed E-state index contributed by atoms with van der Waals surface area (Å²) in [4.78, 5) is 32.1. The van der Waals surface area contributed by atoms with Crippen molar-refractivity contribution in [1.82, 2.24) is 9.88 Å². The maximum Gasteiger partial charge on any atom is 0.290 e. The maximum atomic E-state index is 13.2. The quantitative estimate of drug-likeness (QED) is 0.601. The van der Waals surface area contributed by atoms with Crippen LogP contribution in [-0.4, -0.2) is 33.2 Å². The number of Topliss-reactive ketones (excluding diaryl/α,β-unsaturated/α-hetero) is 1. The number of amides is 1. The van der Waals surface area contributed by atoms with Gasteiger partial charge in [-0.2, -0.15) is 0 Å². The molecule has 156 valence electrons. The van der Waals surface area contributed by atoms with Crippen LogP contribution in [0.4, 0.5) is 0 Å². The molecule has 1 amide bonds. The van der Waals surface area contributed by atoms with Gasteiger partial charge in [-0.25, -0.2) is 0 Å². The van der Waals surface area contributed by atoms with Crippen LogP contribution in [0, 0.1) is 12.3 Å². The Morgan fingerprint density at radius 3 is 2.63 bits per heavy atom. The molecule has 1 aliphatic rings. The van der Waals surface area contributed by atoms with Gasteiger partial charge >= 0.3 is 0 Å². The van der Waals surface area contributed by atoms with Gasteiger partial charge < -0.3 is 15.0 Å². The average Bonchev–Trinajstić information content (AvgIpc) is 3.37. The molecule has 0 bridgehead atoms. The van der Waals surface area contributed by atoms with Crippen molar-refractivity contribution in [1.29, 1.82) is 0 Å². The van der Waals surface area contributed by atoms with E-state index in [2.05, 4.69) is 11.1 Å². The fourth-order valence-electron chi connectivity index (χ4n) is 4.04. The summed E-state index contributed by atoms with van der Waals surface area (Å²) in [5.41, 5.74) is 2.70. The predicted molar refractivity (Wildman–Crippen MR) is 120 cm³/mol. The molecule has 3 aromatic rings. The highest BCUT2D eigenvalue weighted by Gasteiger charge is 2.46. The van der Waals surface area contributed by atoms with Gasteiger partial charge in [-0.3, -0.25) is 9.59 Å². The van der Waals surface area contributed by atoms with Gasteiger partial charge in [0.15, 0.2) is 11.5 Å². The summed E-state index contributed by atoms with van der Waals surface area (Å²) in [7, 11) is 0. The van der Waals surface area contributed by atoms with Gasteiger partial charge in [0, 0.05) is 33.9 Å². The molecule has 5 nitrogen and oxygen atoms in total. The summed E-state index contributed by atoms with van der Waals surface area (Å²) >= 11 is 1.51. The minimum atomic E-state index is -0.695. The van der Waals surface area contributed by atoms with Crippen molar-refractivity contribution in [2.24, 2.45) is 5.41 Å². The highest BCUT2D eigenvalue weighted by Crippen LogP contribution is 2.43. The zero-order chi connectivity index (χ0) is 21.6. The molecule has 2 aromatic heterocycles. The second-order valence-electron chi connectivity index (χ2n) is 8.82. The molecule has 1 atom stereocenters. The largest absolute Gasteiger partial charge is 0.503 e. The second kappa shape index (κ2) is 7.43. The van der Waals surface area contributed by atoms with Crippen molar-refractivity contribution in [2.45, 2.75) is 40.2 Å². The second-order valence-corrected chi connectivity index (χ2v) is 9.77. The number of aryl methyl sites for hydroxylation is 1. The third-order valence-electron chi connectivity index (χ3n) is 5.68. The molecule has 0 spiro atoms. The number of fused-ring (bicyclic) bond motifs is 1. The van der Waals surface area contributed by atoms with Crippen LogP contribution in [0.5, 0.6) is 0 Å². The first-order valence-electron chi connectivity index (χ1n) is 10.1. The number of hydrogen-bond acceptors (Lipinski definition) is 4. The molecule has 0 radical (unpaired) electrons. The van der Waals surface area contributed by atoms with E-state index in [-0.39, 0.29) is 11.4 Å². The number of thiophene rings is 1. The monoisotopic (exact) mass is 422 g/mol. The van der Waals surface area contributed by atoms with Crippen molar-refractivity contribution in [2.75, 3.05) is 6.54 Å². The van der Waals surface area contributed by atoms with E-state index in [4.69, 9.17) is 0 Å². The summed E-state index contributed by atoms with van der Waals surface area (Å²) in [6, 6.07) is 9.48. The highest BCUT2D eigenvalue weighted by atomic mass is 32.1. The molecule has 0 saturated carbocycles. The van der Waals surface area contributed by atoms with Gasteiger partial charge in [0.25, 0.3) is 5.91 Å². The van der Waals surface area contributed by atoms with E-state index < -0.39 is 23.1 Å². The molecule has 1 unspecified atom stereocenters. The van der Waals surface area contributed by atoms with Gasteiger partial charge in [-0.1, -0.05) is 39.0 Å². The van der Waals surface area contributed by atoms with Gasteiger partial charge in [0.2, 0.25) is 0 Å². The molecule has 2 N–H and O–H groups in total. The van der Waals surface area contributed by atoms with Gasteiger partial charge in [-0.15, -0.1) is 11.3 Å². The van der Waals surface area contributed by atoms with Crippen LogP contribution in [0.2, 0.25) is 0 Å². The van der Waals surface area contributed by atoms with Crippen LogP contribution in [-0.2, 0) is 16.0 Å². The molecular formula is C24H26N2O3S. The van der Waals surface area contributed by atoms with E-state index in [9.17, 15) is 14.7 Å². The number of aromatic nitrogens is 1. The molecule has 0 saturated heterocycles. The summed E-state index contributed by atoms with van der Waals surface area (Å²) in [6.45, 7) is 7.82. The summed E-state index contributed by atoms with van der Waals surface area (Å²) in [5.74, 6) is -1.08. The van der Waals surface area contributed by atoms with Crippen LogP contribution < -0.4 is 0 Å². The average molecular weight is 423 g/mol. The molecule has 1 aromatic carbocycles. The van der Waals surface area contributed by atoms with Crippen LogP contribution >= 0.6 is 11.3 Å². The lowest BCUT2D eigenvalue weighted by Crippen LogP contribution is -2.34. The standard InChI is InChI=1S/C24H26N2O3S/c1-14-10-12-30-21(14)19-18(22(28)24(2,3)4)20(27)23(29)26(19)11-9-15-13-25-17-8-6-5-7-16(15)17/h5-8,10,12-13,19,25,27H,9,11H2,1-4H3. The van der Waals surface area contributed by atoms with Crippen LogP contribution in [0.3, 0.4) is 0 Å². The number of H-pyrrole nitrogens is 1. The number of aliphatic hydroxyl groups is 1. The van der Waals surface area contributed by atoms with E-state index in [1.54, 1.807) is 4.90 Å². The lowest BCUT2D eigenvalue weighted by molar-refractivity contribution is -0.129. The third kappa shape index (κ3) is 3.35. The Kier molecular flexibility index (Phi) is 5.06. The number of rotatable bonds is 5.